The van der Waals surface area contributed by atoms with Crippen molar-refractivity contribution in [3.05, 3.63) is 34.9 Å². The molecule has 0 aromatic heterocycles. The minimum atomic E-state index is -1.10. The van der Waals surface area contributed by atoms with Gasteiger partial charge < -0.3 is 25.4 Å². The van der Waals surface area contributed by atoms with Crippen molar-refractivity contribution in [2.45, 2.75) is 82.9 Å². The monoisotopic (exact) mass is 447 g/mol. The normalized spacial score (nSPS) is 29.8. The van der Waals surface area contributed by atoms with Gasteiger partial charge in [0.15, 0.2) is 0 Å². The van der Waals surface area contributed by atoms with Crippen molar-refractivity contribution in [3.63, 3.8) is 0 Å². The first-order valence-electron chi connectivity index (χ1n) is 10.8. The molecule has 3 N–H and O–H groups in total. The van der Waals surface area contributed by atoms with Gasteiger partial charge in [0.25, 0.3) is 0 Å². The summed E-state index contributed by atoms with van der Waals surface area (Å²) in [4.78, 5) is 10.9. The fraction of sp³-hybridized carbons (Fsp3) is 0.696. The average Bonchev–Trinajstić information content (AvgIpc) is 3.06. The Hall–Kier alpha value is -0.140. The topological polar surface area (TPSA) is 92.6 Å². The maximum Gasteiger partial charge on any atom is 1.00 e. The summed E-state index contributed by atoms with van der Waals surface area (Å²) in [5, 5.41) is 34.3. The predicted molar refractivity (Wildman–Crippen MR) is 114 cm³/mol. The summed E-state index contributed by atoms with van der Waals surface area (Å²) in [7, 11) is 0. The van der Waals surface area contributed by atoms with Gasteiger partial charge in [-0.15, -0.1) is 0 Å². The van der Waals surface area contributed by atoms with E-state index in [0.717, 1.165) is 32.1 Å². The number of piperidine rings is 1. The first kappa shape index (κ1) is 27.9. The molecular weight excluding hydrogens is 413 g/mol. The molecule has 1 aliphatic carbocycles. The molecule has 0 aromatic carbocycles. The zero-order valence-electron chi connectivity index (χ0n) is 18.6. The van der Waals surface area contributed by atoms with Crippen molar-refractivity contribution in [1.29, 1.82) is 0 Å². The second kappa shape index (κ2) is 13.4. The van der Waals surface area contributed by atoms with Gasteiger partial charge in [-0.2, -0.15) is 0 Å². The number of aliphatic carboxylic acids is 1. The predicted octanol–water partition coefficient (Wildman–Crippen LogP) is -0.184. The van der Waals surface area contributed by atoms with Crippen molar-refractivity contribution in [2.24, 2.45) is 11.8 Å². The fourth-order valence-corrected chi connectivity index (χ4v) is 5.22. The Kier molecular flexibility index (Phi) is 12.5. The Bertz CT molecular complexity index is 651. The second-order valence-electron chi connectivity index (χ2n) is 8.62. The summed E-state index contributed by atoms with van der Waals surface area (Å²) in [6.07, 6.45) is 14.3. The number of hydrogen-bond donors (Lipinski definition) is 3. The van der Waals surface area contributed by atoms with Crippen LogP contribution in [0.25, 0.3) is 0 Å². The van der Waals surface area contributed by atoms with E-state index in [1.54, 1.807) is 25.2 Å². The molecule has 5 nitrogen and oxygen atoms in total. The Morgan fingerprint density at radius 1 is 1.30 bits per heavy atom. The molecule has 1 spiro atoms. The van der Waals surface area contributed by atoms with Crippen LogP contribution in [0.5, 0.6) is 0 Å². The summed E-state index contributed by atoms with van der Waals surface area (Å²) in [5.74, 6) is -0.305. The first-order valence-corrected chi connectivity index (χ1v) is 11.1. The fourth-order valence-electron chi connectivity index (χ4n) is 5.00. The van der Waals surface area contributed by atoms with Crippen LogP contribution in [0.3, 0.4) is 0 Å². The second-order valence-corrected chi connectivity index (χ2v) is 9.11. The van der Waals surface area contributed by atoms with E-state index in [2.05, 4.69) is 18.3 Å². The smallest absolute Gasteiger partial charge is 0.545 e. The van der Waals surface area contributed by atoms with Crippen molar-refractivity contribution in [3.8, 4) is 0 Å². The Morgan fingerprint density at radius 3 is 2.60 bits per heavy atom. The molecule has 1 aliphatic heterocycles. The number of carboxylic acid groups (broad SMARTS) is 1. The van der Waals surface area contributed by atoms with E-state index in [-0.39, 0.29) is 41.7 Å². The van der Waals surface area contributed by atoms with Crippen LogP contribution < -0.4 is 40.0 Å². The molecule has 164 valence electrons. The minimum Gasteiger partial charge on any atom is -0.545 e. The van der Waals surface area contributed by atoms with E-state index in [1.807, 2.05) is 0 Å². The van der Waals surface area contributed by atoms with Gasteiger partial charge in [0.1, 0.15) is 0 Å². The van der Waals surface area contributed by atoms with Gasteiger partial charge in [-0.3, -0.25) is 0 Å². The van der Waals surface area contributed by atoms with Crippen molar-refractivity contribution in [2.75, 3.05) is 6.61 Å². The molecule has 1 heterocycles. The zero-order valence-corrected chi connectivity index (χ0v) is 21.3. The van der Waals surface area contributed by atoms with Gasteiger partial charge in [-0.25, -0.2) is 0 Å². The van der Waals surface area contributed by atoms with Crippen molar-refractivity contribution < 1.29 is 49.7 Å². The van der Waals surface area contributed by atoms with Crippen molar-refractivity contribution >= 4 is 17.6 Å². The molecule has 0 radical (unpaired) electrons. The van der Waals surface area contributed by atoms with Crippen LogP contribution in [-0.4, -0.2) is 40.5 Å². The largest absolute Gasteiger partial charge is 1.00 e. The van der Waals surface area contributed by atoms with Crippen LogP contribution in [-0.2, 0) is 4.79 Å². The van der Waals surface area contributed by atoms with E-state index in [1.165, 1.54) is 6.42 Å². The van der Waals surface area contributed by atoms with Gasteiger partial charge in [0, 0.05) is 29.6 Å². The summed E-state index contributed by atoms with van der Waals surface area (Å²) in [5.41, 5.74) is 0.387. The van der Waals surface area contributed by atoms with Gasteiger partial charge in [0.2, 0.25) is 0 Å². The molecule has 7 heteroatoms. The van der Waals surface area contributed by atoms with Gasteiger partial charge in [0.05, 0.1) is 12.1 Å². The Morgan fingerprint density at radius 2 is 1.97 bits per heavy atom. The molecule has 30 heavy (non-hydrogen) atoms. The molecule has 2 rings (SSSR count). The van der Waals surface area contributed by atoms with Gasteiger partial charge >= 0.3 is 29.6 Å². The molecule has 0 amide bonds. The van der Waals surface area contributed by atoms with Crippen LogP contribution in [0.15, 0.2) is 34.9 Å². The van der Waals surface area contributed by atoms with Crippen LogP contribution in [0.4, 0.5) is 0 Å². The molecule has 1 saturated carbocycles. The number of halogens is 1. The number of nitrogens with one attached hydrogen (secondary N) is 1. The maximum atomic E-state index is 10.9. The molecule has 2 fully saturated rings. The third kappa shape index (κ3) is 8.09. The Balaban J connectivity index is 0.00000450. The maximum absolute atomic E-state index is 10.9. The molecule has 2 aliphatic rings. The summed E-state index contributed by atoms with van der Waals surface area (Å²) < 4.78 is 0. The minimum absolute atomic E-state index is 0. The molecule has 0 aromatic rings. The third-order valence-electron chi connectivity index (χ3n) is 6.49. The van der Waals surface area contributed by atoms with E-state index in [4.69, 9.17) is 16.7 Å². The van der Waals surface area contributed by atoms with Crippen LogP contribution in [0.2, 0.25) is 0 Å². The summed E-state index contributed by atoms with van der Waals surface area (Å²) >= 11 is 5.97. The van der Waals surface area contributed by atoms with E-state index in [9.17, 15) is 15.0 Å². The van der Waals surface area contributed by atoms with Crippen LogP contribution in [0, 0.1) is 11.8 Å². The zero-order chi connectivity index (χ0) is 21.4. The third-order valence-corrected chi connectivity index (χ3v) is 6.81. The summed E-state index contributed by atoms with van der Waals surface area (Å²) in [6, 6.07) is 0.292. The quantitative estimate of drug-likeness (QED) is 0.259. The number of aliphatic hydroxyl groups is 2. The standard InChI is InChI=1S/C23H36ClNO4.Na/c1-16(8-10-20(27)15-18(24)11-14-26)21-6-4-13-23(21)12-3-5-19(25-23)9-7-17(2)22(28)29;/h7-8,10,15-16,19-21,25-27H,3-6,9,11-14H2,1-2H3,(H,28,29);/q;+1/p-1/b10-8+,17-7+,18-15-;/t16-,19+,20+,21+,23+;/m0./s1. The van der Waals surface area contributed by atoms with Crippen LogP contribution in [0.1, 0.15) is 65.2 Å². The average molecular weight is 448 g/mol. The SMILES string of the molecule is C/C(=C\C[C@H]1CCC[C@]2(CCC[C@@H]2[C@@H](C)/C=C/[C@@H](O)/C=C(\Cl)CCO)N1)C(=O)[O-].[Na+]. The first-order chi connectivity index (χ1) is 13.8. The van der Waals surface area contributed by atoms with E-state index in [0.29, 0.717) is 41.3 Å². The van der Waals surface area contributed by atoms with Gasteiger partial charge in [-0.05, 0) is 62.5 Å². The number of aliphatic hydroxyl groups excluding tert-OH is 2. The number of allylic oxidation sites excluding steroid dienone is 1. The van der Waals surface area contributed by atoms with Gasteiger partial charge in [-0.1, -0.05) is 49.6 Å². The molecule has 5 atom stereocenters. The molecule has 0 unspecified atom stereocenters. The number of carbonyl (C=O) groups is 1. The Labute approximate surface area is 207 Å². The summed E-state index contributed by atoms with van der Waals surface area (Å²) in [6.45, 7) is 3.76. The van der Waals surface area contributed by atoms with Crippen LogP contribution >= 0.6 is 11.6 Å². The van der Waals surface area contributed by atoms with E-state index >= 15 is 0 Å². The number of carbonyl (C=O) groups excluding carboxylic acids is 1. The van der Waals surface area contributed by atoms with Crippen molar-refractivity contribution in [1.82, 2.24) is 5.32 Å². The van der Waals surface area contributed by atoms with E-state index < -0.39 is 12.1 Å². The molecular formula is C23H35ClNNaO4. The number of rotatable bonds is 9. The number of hydrogen-bond acceptors (Lipinski definition) is 5. The number of carboxylic acids is 1. The molecule has 1 saturated heterocycles. The molecule has 0 bridgehead atoms.